The van der Waals surface area contributed by atoms with Crippen LogP contribution >= 0.6 is 0 Å². The van der Waals surface area contributed by atoms with Crippen LogP contribution in [0.25, 0.3) is 21.7 Å². The number of carbonyl (C=O) groups excluding carboxylic acids is 1. The average molecular weight is 472 g/mol. The Morgan fingerprint density at radius 2 is 1.83 bits per heavy atom. The molecule has 1 fully saturated rings. The second-order valence-electron chi connectivity index (χ2n) is 9.75. The highest BCUT2D eigenvalue weighted by molar-refractivity contribution is 5.99. The molecule has 6 heteroatoms. The van der Waals surface area contributed by atoms with E-state index in [1.165, 1.54) is 21.2 Å². The van der Waals surface area contributed by atoms with Crippen molar-refractivity contribution in [3.8, 4) is 5.75 Å². The van der Waals surface area contributed by atoms with Gasteiger partial charge in [-0.05, 0) is 66.4 Å². The molecule has 0 radical (unpaired) electrons. The fourth-order valence-electron chi connectivity index (χ4n) is 5.06. The SMILES string of the molecule is CN(C)C(=O)c1cc2c(OCC(O)CN3CCC(c4ccc5ccccc5c4)CC3)cccc2[nH]1. The highest BCUT2D eigenvalue weighted by Crippen LogP contribution is 2.31. The van der Waals surface area contributed by atoms with Crippen LogP contribution in [-0.4, -0.2) is 72.2 Å². The molecule has 4 aromatic rings. The molecule has 35 heavy (non-hydrogen) atoms. The predicted molar refractivity (Wildman–Crippen MR) is 140 cm³/mol. The number of aromatic nitrogens is 1. The van der Waals surface area contributed by atoms with Crippen LogP contribution in [0.2, 0.25) is 0 Å². The van der Waals surface area contributed by atoms with Gasteiger partial charge in [0, 0.05) is 31.5 Å². The zero-order valence-corrected chi connectivity index (χ0v) is 20.4. The fraction of sp³-hybridized carbons (Fsp3) is 0.345. The average Bonchev–Trinajstić information content (AvgIpc) is 3.32. The molecule has 3 aromatic carbocycles. The van der Waals surface area contributed by atoms with Crippen LogP contribution in [0, 0.1) is 0 Å². The highest BCUT2D eigenvalue weighted by Gasteiger charge is 2.23. The van der Waals surface area contributed by atoms with Gasteiger partial charge < -0.3 is 24.6 Å². The molecule has 0 aliphatic carbocycles. The van der Waals surface area contributed by atoms with Crippen molar-refractivity contribution in [2.45, 2.75) is 24.9 Å². The number of aliphatic hydroxyl groups is 1. The number of rotatable bonds is 7. The van der Waals surface area contributed by atoms with Gasteiger partial charge in [0.25, 0.3) is 5.91 Å². The third-order valence-electron chi connectivity index (χ3n) is 6.99. The summed E-state index contributed by atoms with van der Waals surface area (Å²) in [6, 6.07) is 22.8. The lowest BCUT2D eigenvalue weighted by atomic mass is 9.88. The maximum atomic E-state index is 12.3. The summed E-state index contributed by atoms with van der Waals surface area (Å²) in [7, 11) is 3.46. The van der Waals surface area contributed by atoms with Crippen molar-refractivity contribution < 1.29 is 14.6 Å². The monoisotopic (exact) mass is 471 g/mol. The quantitative estimate of drug-likeness (QED) is 0.412. The third kappa shape index (κ3) is 5.19. The maximum absolute atomic E-state index is 12.3. The normalized spacial score (nSPS) is 16.0. The van der Waals surface area contributed by atoms with Gasteiger partial charge in [0.2, 0.25) is 0 Å². The van der Waals surface area contributed by atoms with Gasteiger partial charge in [0.15, 0.2) is 0 Å². The number of carbonyl (C=O) groups is 1. The van der Waals surface area contributed by atoms with Crippen LogP contribution in [0.15, 0.2) is 66.7 Å². The molecule has 0 spiro atoms. The molecule has 1 aliphatic rings. The summed E-state index contributed by atoms with van der Waals surface area (Å²) >= 11 is 0. The number of ether oxygens (including phenoxy) is 1. The molecular weight excluding hydrogens is 438 g/mol. The van der Waals surface area contributed by atoms with Crippen LogP contribution in [0.3, 0.4) is 0 Å². The summed E-state index contributed by atoms with van der Waals surface area (Å²) in [6.45, 7) is 2.75. The van der Waals surface area contributed by atoms with Crippen molar-refractivity contribution in [3.63, 3.8) is 0 Å². The topological polar surface area (TPSA) is 68.8 Å². The summed E-state index contributed by atoms with van der Waals surface area (Å²) in [5, 5.41) is 14.1. The van der Waals surface area contributed by atoms with Gasteiger partial charge >= 0.3 is 0 Å². The first-order valence-corrected chi connectivity index (χ1v) is 12.3. The van der Waals surface area contributed by atoms with E-state index in [0.717, 1.165) is 36.8 Å². The molecule has 0 saturated carbocycles. The second-order valence-corrected chi connectivity index (χ2v) is 9.75. The Morgan fingerprint density at radius 3 is 2.60 bits per heavy atom. The number of benzene rings is 3. The number of H-pyrrole nitrogens is 1. The van der Waals surface area contributed by atoms with Gasteiger partial charge in [0.1, 0.15) is 24.2 Å². The van der Waals surface area contributed by atoms with Crippen LogP contribution in [-0.2, 0) is 0 Å². The molecule has 1 unspecified atom stereocenters. The number of amides is 1. The zero-order valence-electron chi connectivity index (χ0n) is 20.4. The van der Waals surface area contributed by atoms with Crippen molar-refractivity contribution in [2.24, 2.45) is 0 Å². The third-order valence-corrected chi connectivity index (χ3v) is 6.99. The van der Waals surface area contributed by atoms with E-state index in [1.807, 2.05) is 24.3 Å². The molecule has 2 N–H and O–H groups in total. The molecule has 182 valence electrons. The fourth-order valence-corrected chi connectivity index (χ4v) is 5.06. The summed E-state index contributed by atoms with van der Waals surface area (Å²) in [4.78, 5) is 19.3. The number of aliphatic hydroxyl groups excluding tert-OH is 1. The van der Waals surface area contributed by atoms with E-state index in [2.05, 4.69) is 52.3 Å². The van der Waals surface area contributed by atoms with E-state index >= 15 is 0 Å². The van der Waals surface area contributed by atoms with Gasteiger partial charge in [-0.15, -0.1) is 0 Å². The largest absolute Gasteiger partial charge is 0.490 e. The Bertz CT molecular complexity index is 1320. The Hall–Kier alpha value is -3.35. The van der Waals surface area contributed by atoms with Crippen LogP contribution in [0.1, 0.15) is 34.8 Å². The van der Waals surface area contributed by atoms with Crippen LogP contribution in [0.4, 0.5) is 0 Å². The molecule has 5 rings (SSSR count). The summed E-state index contributed by atoms with van der Waals surface area (Å²) < 4.78 is 5.99. The minimum Gasteiger partial charge on any atom is -0.490 e. The first kappa shape index (κ1) is 23.4. The Kier molecular flexibility index (Phi) is 6.75. The lowest BCUT2D eigenvalue weighted by Gasteiger charge is -2.33. The van der Waals surface area contributed by atoms with E-state index in [0.29, 0.717) is 23.9 Å². The minimum atomic E-state index is -0.579. The van der Waals surface area contributed by atoms with Gasteiger partial charge in [-0.1, -0.05) is 48.5 Å². The van der Waals surface area contributed by atoms with Crippen molar-refractivity contribution in [3.05, 3.63) is 78.0 Å². The number of aromatic amines is 1. The van der Waals surface area contributed by atoms with E-state index < -0.39 is 6.10 Å². The maximum Gasteiger partial charge on any atom is 0.269 e. The van der Waals surface area contributed by atoms with E-state index in [9.17, 15) is 9.90 Å². The smallest absolute Gasteiger partial charge is 0.269 e. The number of hydrogen-bond donors (Lipinski definition) is 2. The zero-order chi connectivity index (χ0) is 24.4. The molecule has 1 aromatic heterocycles. The molecule has 2 heterocycles. The second kappa shape index (κ2) is 10.1. The van der Waals surface area contributed by atoms with Crippen LogP contribution in [0.5, 0.6) is 5.75 Å². The molecule has 1 aliphatic heterocycles. The Balaban J connectivity index is 1.15. The number of β-amino-alcohol motifs (C(OH)–C–C–N with tert-alkyl or cyclic N) is 1. The number of fused-ring (bicyclic) bond motifs is 2. The standard InChI is InChI=1S/C29H33N3O3/c1-31(2)29(34)27-17-25-26(30-27)8-5-9-28(25)35-19-24(33)18-32-14-12-21(13-15-32)23-11-10-20-6-3-4-7-22(20)16-23/h3-11,16-17,21,24,30,33H,12-15,18-19H2,1-2H3. The molecule has 1 saturated heterocycles. The van der Waals surface area contributed by atoms with Gasteiger partial charge in [-0.3, -0.25) is 4.79 Å². The number of nitrogens with zero attached hydrogens (tertiary/aromatic N) is 2. The van der Waals surface area contributed by atoms with E-state index in [4.69, 9.17) is 4.74 Å². The van der Waals surface area contributed by atoms with Crippen molar-refractivity contribution in [1.29, 1.82) is 0 Å². The number of piperidine rings is 1. The molecule has 6 nitrogen and oxygen atoms in total. The van der Waals surface area contributed by atoms with Gasteiger partial charge in [-0.2, -0.15) is 0 Å². The number of likely N-dealkylation sites (tertiary alicyclic amines) is 1. The highest BCUT2D eigenvalue weighted by atomic mass is 16.5. The van der Waals surface area contributed by atoms with Gasteiger partial charge in [-0.25, -0.2) is 0 Å². The summed E-state index contributed by atoms with van der Waals surface area (Å²) in [6.07, 6.45) is 1.61. The van der Waals surface area contributed by atoms with Crippen LogP contribution < -0.4 is 4.74 Å². The van der Waals surface area contributed by atoms with Crippen molar-refractivity contribution in [1.82, 2.24) is 14.8 Å². The lowest BCUT2D eigenvalue weighted by molar-refractivity contribution is 0.0599. The van der Waals surface area contributed by atoms with E-state index in [-0.39, 0.29) is 12.5 Å². The van der Waals surface area contributed by atoms with Crippen molar-refractivity contribution >= 4 is 27.6 Å². The Labute approximate surface area is 206 Å². The first-order chi connectivity index (χ1) is 17.0. The molecule has 1 atom stereocenters. The van der Waals surface area contributed by atoms with Crippen molar-refractivity contribution in [2.75, 3.05) is 40.3 Å². The summed E-state index contributed by atoms with van der Waals surface area (Å²) in [5.74, 6) is 1.15. The Morgan fingerprint density at radius 1 is 1.06 bits per heavy atom. The van der Waals surface area contributed by atoms with E-state index in [1.54, 1.807) is 14.1 Å². The lowest BCUT2D eigenvalue weighted by Crippen LogP contribution is -2.40. The molecule has 1 amide bonds. The summed E-state index contributed by atoms with van der Waals surface area (Å²) in [5.41, 5.74) is 2.78. The first-order valence-electron chi connectivity index (χ1n) is 12.3. The molecular formula is C29H33N3O3. The molecule has 0 bridgehead atoms. The minimum absolute atomic E-state index is 0.0840. The predicted octanol–water partition coefficient (Wildman–Crippen LogP) is 4.64. The van der Waals surface area contributed by atoms with Gasteiger partial charge in [0.05, 0.1) is 0 Å². The number of nitrogens with one attached hydrogen (secondary N) is 1. The number of hydrogen-bond acceptors (Lipinski definition) is 4.